The lowest BCUT2D eigenvalue weighted by Gasteiger charge is -2.24. The third kappa shape index (κ3) is 4.65. The Morgan fingerprint density at radius 1 is 1.22 bits per heavy atom. The quantitative estimate of drug-likeness (QED) is 0.629. The smallest absolute Gasteiger partial charge is 0.313 e. The lowest BCUT2D eigenvalue weighted by atomic mass is 9.97. The fourth-order valence-electron chi connectivity index (χ4n) is 2.85. The zero-order chi connectivity index (χ0) is 19.4. The van der Waals surface area contributed by atoms with Crippen molar-refractivity contribution in [2.75, 3.05) is 18.5 Å². The fraction of sp³-hybridized carbons (Fsp3) is 0.250. The summed E-state index contributed by atoms with van der Waals surface area (Å²) in [6.07, 6.45) is 0.434. The molecular formula is C20H18ClNO5. The maximum absolute atomic E-state index is 12.3. The summed E-state index contributed by atoms with van der Waals surface area (Å²) in [4.78, 5) is 35.9. The number of Topliss-reactive ketones (excluding diaryl/α,β-unsaturated/α-hetero) is 1. The third-order valence-electron chi connectivity index (χ3n) is 4.19. The molecule has 1 unspecified atom stereocenters. The van der Waals surface area contributed by atoms with Crippen molar-refractivity contribution in [3.8, 4) is 5.75 Å². The Labute approximate surface area is 161 Å². The van der Waals surface area contributed by atoms with Gasteiger partial charge >= 0.3 is 5.97 Å². The van der Waals surface area contributed by atoms with Gasteiger partial charge in [-0.3, -0.25) is 14.4 Å². The molecule has 1 amide bonds. The largest absolute Gasteiger partial charge is 0.492 e. The number of ketones is 1. The molecule has 1 aliphatic rings. The van der Waals surface area contributed by atoms with Crippen LogP contribution in [0.3, 0.4) is 0 Å². The van der Waals surface area contributed by atoms with Gasteiger partial charge in [0.05, 0.1) is 11.6 Å². The predicted molar refractivity (Wildman–Crippen MR) is 100 cm³/mol. The summed E-state index contributed by atoms with van der Waals surface area (Å²) in [6.45, 7) is 1.16. The predicted octanol–water partition coefficient (Wildman–Crippen LogP) is 3.28. The second-order valence-corrected chi connectivity index (χ2v) is 6.66. The second kappa shape index (κ2) is 8.22. The number of carbonyl (C=O) groups is 3. The molecule has 0 aromatic heterocycles. The summed E-state index contributed by atoms with van der Waals surface area (Å²) in [5.41, 5.74) is 1.61. The lowest BCUT2D eigenvalue weighted by Crippen LogP contribution is -2.32. The highest BCUT2D eigenvalue weighted by Gasteiger charge is 2.28. The molecule has 0 saturated carbocycles. The number of halogens is 1. The van der Waals surface area contributed by atoms with Crippen molar-refractivity contribution >= 4 is 34.9 Å². The van der Waals surface area contributed by atoms with E-state index in [9.17, 15) is 14.4 Å². The summed E-state index contributed by atoms with van der Waals surface area (Å²) >= 11 is 5.97. The maximum Gasteiger partial charge on any atom is 0.313 e. The number of esters is 1. The SMILES string of the molecule is CC(=O)c1ccccc1NC(=O)COC(=O)C1COc2ccc(Cl)cc2C1. The third-order valence-corrected chi connectivity index (χ3v) is 4.42. The Morgan fingerprint density at radius 2 is 2.00 bits per heavy atom. The van der Waals surface area contributed by atoms with Gasteiger partial charge in [0.25, 0.3) is 5.91 Å². The summed E-state index contributed by atoms with van der Waals surface area (Å²) in [5, 5.41) is 3.15. The first kappa shape index (κ1) is 18.9. The summed E-state index contributed by atoms with van der Waals surface area (Å²) < 4.78 is 10.7. The normalized spacial score (nSPS) is 15.3. The van der Waals surface area contributed by atoms with Crippen molar-refractivity contribution in [1.82, 2.24) is 0 Å². The van der Waals surface area contributed by atoms with Crippen LogP contribution in [0.15, 0.2) is 42.5 Å². The van der Waals surface area contributed by atoms with Gasteiger partial charge < -0.3 is 14.8 Å². The molecule has 2 aromatic rings. The van der Waals surface area contributed by atoms with Gasteiger partial charge in [-0.1, -0.05) is 23.7 Å². The number of anilines is 1. The van der Waals surface area contributed by atoms with Gasteiger partial charge in [0.1, 0.15) is 12.4 Å². The molecule has 6 nitrogen and oxygen atoms in total. The molecule has 0 radical (unpaired) electrons. The number of hydrogen-bond donors (Lipinski definition) is 1. The van der Waals surface area contributed by atoms with Gasteiger partial charge in [-0.05, 0) is 49.2 Å². The van der Waals surface area contributed by atoms with Gasteiger partial charge in [0.2, 0.25) is 0 Å². The van der Waals surface area contributed by atoms with Crippen LogP contribution in [-0.2, 0) is 20.7 Å². The number of carbonyl (C=O) groups excluding carboxylic acids is 3. The standard InChI is InChI=1S/C20H18ClNO5/c1-12(23)16-4-2-3-5-17(16)22-19(24)11-27-20(25)14-8-13-9-15(21)6-7-18(13)26-10-14/h2-7,9,14H,8,10-11H2,1H3,(H,22,24). The number of hydrogen-bond acceptors (Lipinski definition) is 5. The van der Waals surface area contributed by atoms with Gasteiger partial charge in [0, 0.05) is 10.6 Å². The highest BCUT2D eigenvalue weighted by atomic mass is 35.5. The molecule has 1 N–H and O–H groups in total. The fourth-order valence-corrected chi connectivity index (χ4v) is 3.05. The van der Waals surface area contributed by atoms with E-state index >= 15 is 0 Å². The van der Waals surface area contributed by atoms with E-state index in [1.165, 1.54) is 6.92 Å². The van der Waals surface area contributed by atoms with E-state index in [1.54, 1.807) is 42.5 Å². The number of amides is 1. The van der Waals surface area contributed by atoms with Gasteiger partial charge in [0.15, 0.2) is 12.4 Å². The number of fused-ring (bicyclic) bond motifs is 1. The van der Waals surface area contributed by atoms with Crippen LogP contribution in [0, 0.1) is 5.92 Å². The van der Waals surface area contributed by atoms with Crippen LogP contribution in [0.5, 0.6) is 5.75 Å². The Kier molecular flexibility index (Phi) is 5.76. The second-order valence-electron chi connectivity index (χ2n) is 6.22. The van der Waals surface area contributed by atoms with E-state index in [1.807, 2.05) is 0 Å². The molecule has 0 spiro atoms. The van der Waals surface area contributed by atoms with Crippen molar-refractivity contribution in [1.29, 1.82) is 0 Å². The molecule has 0 aliphatic carbocycles. The summed E-state index contributed by atoms with van der Waals surface area (Å²) in [6, 6.07) is 11.9. The molecule has 1 atom stereocenters. The minimum absolute atomic E-state index is 0.167. The number of ether oxygens (including phenoxy) is 2. The van der Waals surface area contributed by atoms with Crippen molar-refractivity contribution in [2.45, 2.75) is 13.3 Å². The molecule has 27 heavy (non-hydrogen) atoms. The number of nitrogens with one attached hydrogen (secondary N) is 1. The highest BCUT2D eigenvalue weighted by molar-refractivity contribution is 6.30. The van der Waals surface area contributed by atoms with E-state index in [-0.39, 0.29) is 12.4 Å². The van der Waals surface area contributed by atoms with Crippen LogP contribution in [0.4, 0.5) is 5.69 Å². The van der Waals surface area contributed by atoms with Crippen LogP contribution in [0.1, 0.15) is 22.8 Å². The van der Waals surface area contributed by atoms with E-state index in [2.05, 4.69) is 5.32 Å². The highest BCUT2D eigenvalue weighted by Crippen LogP contribution is 2.30. The maximum atomic E-state index is 12.3. The molecule has 2 aromatic carbocycles. The number of rotatable bonds is 5. The van der Waals surface area contributed by atoms with Crippen LogP contribution in [0.2, 0.25) is 5.02 Å². The number of para-hydroxylation sites is 1. The Hall–Kier alpha value is -2.86. The van der Waals surface area contributed by atoms with Crippen LogP contribution < -0.4 is 10.1 Å². The first-order valence-corrected chi connectivity index (χ1v) is 8.79. The average molecular weight is 388 g/mol. The zero-order valence-electron chi connectivity index (χ0n) is 14.7. The van der Waals surface area contributed by atoms with Crippen LogP contribution in [0.25, 0.3) is 0 Å². The zero-order valence-corrected chi connectivity index (χ0v) is 15.4. The lowest BCUT2D eigenvalue weighted by molar-refractivity contribution is -0.152. The molecule has 0 fully saturated rings. The molecule has 7 heteroatoms. The van der Waals surface area contributed by atoms with Crippen molar-refractivity contribution < 1.29 is 23.9 Å². The molecule has 1 aliphatic heterocycles. The van der Waals surface area contributed by atoms with E-state index in [4.69, 9.17) is 21.1 Å². The van der Waals surface area contributed by atoms with Crippen LogP contribution in [-0.4, -0.2) is 30.9 Å². The molecule has 3 rings (SSSR count). The minimum Gasteiger partial charge on any atom is -0.492 e. The van der Waals surface area contributed by atoms with Crippen molar-refractivity contribution in [2.24, 2.45) is 5.92 Å². The van der Waals surface area contributed by atoms with Crippen LogP contribution >= 0.6 is 11.6 Å². The van der Waals surface area contributed by atoms with Crippen molar-refractivity contribution in [3.05, 3.63) is 58.6 Å². The summed E-state index contributed by atoms with van der Waals surface area (Å²) in [5.74, 6) is -1.01. The molecule has 0 saturated heterocycles. The van der Waals surface area contributed by atoms with E-state index in [0.29, 0.717) is 28.4 Å². The average Bonchev–Trinajstić information content (AvgIpc) is 2.65. The molecule has 0 bridgehead atoms. The molecule has 140 valence electrons. The Balaban J connectivity index is 1.55. The minimum atomic E-state index is -0.518. The topological polar surface area (TPSA) is 81.7 Å². The first-order valence-electron chi connectivity index (χ1n) is 8.41. The van der Waals surface area contributed by atoms with Gasteiger partial charge in [-0.2, -0.15) is 0 Å². The van der Waals surface area contributed by atoms with E-state index < -0.39 is 24.4 Å². The Bertz CT molecular complexity index is 896. The monoisotopic (exact) mass is 387 g/mol. The molecular weight excluding hydrogens is 370 g/mol. The van der Waals surface area contributed by atoms with Gasteiger partial charge in [-0.25, -0.2) is 0 Å². The van der Waals surface area contributed by atoms with E-state index in [0.717, 1.165) is 5.56 Å². The summed E-state index contributed by atoms with van der Waals surface area (Å²) in [7, 11) is 0. The van der Waals surface area contributed by atoms with Crippen molar-refractivity contribution in [3.63, 3.8) is 0 Å². The Morgan fingerprint density at radius 3 is 2.78 bits per heavy atom. The first-order chi connectivity index (χ1) is 12.9. The van der Waals surface area contributed by atoms with Gasteiger partial charge in [-0.15, -0.1) is 0 Å². The number of benzene rings is 2. The molecule has 1 heterocycles.